The van der Waals surface area contributed by atoms with Gasteiger partial charge in [-0.25, -0.2) is 4.39 Å². The topological polar surface area (TPSA) is 38.5 Å². The Morgan fingerprint density at radius 2 is 2.11 bits per heavy atom. The summed E-state index contributed by atoms with van der Waals surface area (Å²) in [6.45, 7) is 4.22. The van der Waals surface area contributed by atoms with E-state index in [4.69, 9.17) is 10.5 Å². The van der Waals surface area contributed by atoms with Gasteiger partial charge in [-0.1, -0.05) is 12.1 Å². The summed E-state index contributed by atoms with van der Waals surface area (Å²) in [7, 11) is 3.72. The van der Waals surface area contributed by atoms with Crippen LogP contribution in [0.15, 0.2) is 18.2 Å². The minimum Gasteiger partial charge on any atom is -0.383 e. The zero-order chi connectivity index (χ0) is 13.5. The summed E-state index contributed by atoms with van der Waals surface area (Å²) < 4.78 is 18.4. The quantitative estimate of drug-likeness (QED) is 0.810. The number of nitrogens with two attached hydrogens (primary N) is 1. The molecule has 0 aliphatic carbocycles. The van der Waals surface area contributed by atoms with Crippen LogP contribution in [0.5, 0.6) is 0 Å². The molecule has 3 nitrogen and oxygen atoms in total. The molecule has 18 heavy (non-hydrogen) atoms. The van der Waals surface area contributed by atoms with E-state index in [2.05, 4.69) is 4.90 Å². The molecule has 0 amide bonds. The maximum atomic E-state index is 13.4. The van der Waals surface area contributed by atoms with Gasteiger partial charge in [0.25, 0.3) is 0 Å². The van der Waals surface area contributed by atoms with Crippen LogP contribution in [0.1, 0.15) is 23.6 Å². The van der Waals surface area contributed by atoms with Crippen molar-refractivity contribution >= 4 is 0 Å². The lowest BCUT2D eigenvalue weighted by Gasteiger charge is -2.19. The minimum atomic E-state index is -0.185. The molecule has 1 aromatic carbocycles. The Morgan fingerprint density at radius 1 is 1.39 bits per heavy atom. The van der Waals surface area contributed by atoms with E-state index in [1.165, 1.54) is 6.07 Å². The molecule has 0 saturated carbocycles. The first-order chi connectivity index (χ1) is 8.54. The van der Waals surface area contributed by atoms with Crippen LogP contribution in [0, 0.1) is 12.7 Å². The third-order valence-electron chi connectivity index (χ3n) is 3.12. The van der Waals surface area contributed by atoms with Gasteiger partial charge in [-0.2, -0.15) is 0 Å². The summed E-state index contributed by atoms with van der Waals surface area (Å²) in [6, 6.07) is 5.09. The normalized spacial score (nSPS) is 13.0. The summed E-state index contributed by atoms with van der Waals surface area (Å²) in [5.41, 5.74) is 7.58. The van der Waals surface area contributed by atoms with E-state index in [9.17, 15) is 4.39 Å². The number of hydrogen-bond acceptors (Lipinski definition) is 3. The number of halogens is 1. The van der Waals surface area contributed by atoms with Gasteiger partial charge in [-0.3, -0.25) is 0 Å². The lowest BCUT2D eigenvalue weighted by Crippen LogP contribution is -2.26. The number of aryl methyl sites for hydroxylation is 1. The fraction of sp³-hybridized carbons (Fsp3) is 0.571. The number of benzene rings is 1. The van der Waals surface area contributed by atoms with Gasteiger partial charge in [0, 0.05) is 19.7 Å². The van der Waals surface area contributed by atoms with Gasteiger partial charge in [0.1, 0.15) is 5.82 Å². The van der Waals surface area contributed by atoms with Gasteiger partial charge >= 0.3 is 0 Å². The van der Waals surface area contributed by atoms with Crippen molar-refractivity contribution in [2.24, 2.45) is 5.73 Å². The molecule has 1 rings (SSSR count). The number of likely N-dealkylation sites (N-methyl/N-ethyl adjacent to an activating group) is 1. The fourth-order valence-corrected chi connectivity index (χ4v) is 1.72. The molecule has 0 aromatic heterocycles. The smallest absolute Gasteiger partial charge is 0.126 e. The van der Waals surface area contributed by atoms with Crippen molar-refractivity contribution in [1.82, 2.24) is 4.90 Å². The van der Waals surface area contributed by atoms with Crippen LogP contribution in [0.2, 0.25) is 0 Å². The van der Waals surface area contributed by atoms with Crippen LogP contribution in [0.25, 0.3) is 0 Å². The third-order valence-corrected chi connectivity index (χ3v) is 3.12. The highest BCUT2D eigenvalue weighted by atomic mass is 19.1. The molecule has 1 atom stereocenters. The van der Waals surface area contributed by atoms with E-state index in [0.717, 1.165) is 25.1 Å². The summed E-state index contributed by atoms with van der Waals surface area (Å²) in [6.07, 6.45) is 0.808. The Labute approximate surface area is 109 Å². The first-order valence-corrected chi connectivity index (χ1v) is 6.23. The first-order valence-electron chi connectivity index (χ1n) is 6.23. The van der Waals surface area contributed by atoms with Crippen molar-refractivity contribution in [2.45, 2.75) is 19.4 Å². The average molecular weight is 254 g/mol. The Hall–Kier alpha value is -0.970. The molecule has 1 unspecified atom stereocenters. The highest BCUT2D eigenvalue weighted by Crippen LogP contribution is 2.17. The van der Waals surface area contributed by atoms with Crippen LogP contribution < -0.4 is 5.73 Å². The van der Waals surface area contributed by atoms with E-state index in [0.29, 0.717) is 12.2 Å². The molecular formula is C14H23FN2O. The molecule has 2 N–H and O–H groups in total. The Balaban J connectivity index is 2.44. The van der Waals surface area contributed by atoms with Gasteiger partial charge in [0.05, 0.1) is 6.61 Å². The van der Waals surface area contributed by atoms with Gasteiger partial charge in [-0.15, -0.1) is 0 Å². The highest BCUT2D eigenvalue weighted by molar-refractivity contribution is 5.25. The van der Waals surface area contributed by atoms with Crippen molar-refractivity contribution in [3.63, 3.8) is 0 Å². The van der Waals surface area contributed by atoms with Crippen molar-refractivity contribution in [3.8, 4) is 0 Å². The van der Waals surface area contributed by atoms with Gasteiger partial charge in [0.15, 0.2) is 0 Å². The third kappa shape index (κ3) is 4.72. The maximum Gasteiger partial charge on any atom is 0.126 e. The van der Waals surface area contributed by atoms with Crippen molar-refractivity contribution < 1.29 is 9.13 Å². The van der Waals surface area contributed by atoms with E-state index in [1.807, 2.05) is 13.1 Å². The van der Waals surface area contributed by atoms with E-state index in [-0.39, 0.29) is 11.9 Å². The standard InChI is InChI=1S/C14H23FN2O/c1-11-4-5-12(10-13(11)15)14(16)6-7-17(2)8-9-18-3/h4-5,10,14H,6-9,16H2,1-3H3. The predicted molar refractivity (Wildman–Crippen MR) is 72.1 cm³/mol. The number of ether oxygens (including phenoxy) is 1. The number of nitrogens with zero attached hydrogens (tertiary/aromatic N) is 1. The second-order valence-corrected chi connectivity index (χ2v) is 4.70. The molecule has 0 radical (unpaired) electrons. The fourth-order valence-electron chi connectivity index (χ4n) is 1.72. The van der Waals surface area contributed by atoms with Crippen molar-refractivity contribution in [2.75, 3.05) is 33.9 Å². The summed E-state index contributed by atoms with van der Waals surface area (Å²) in [5, 5.41) is 0. The van der Waals surface area contributed by atoms with Crippen LogP contribution >= 0.6 is 0 Å². The average Bonchev–Trinajstić information content (AvgIpc) is 2.36. The first kappa shape index (κ1) is 15.1. The molecule has 0 aliphatic rings. The Bertz CT molecular complexity index is 371. The summed E-state index contributed by atoms with van der Waals surface area (Å²) >= 11 is 0. The van der Waals surface area contributed by atoms with Crippen molar-refractivity contribution in [3.05, 3.63) is 35.1 Å². The monoisotopic (exact) mass is 254 g/mol. The molecule has 0 fully saturated rings. The minimum absolute atomic E-state index is 0.120. The molecule has 0 spiro atoms. The van der Waals surface area contributed by atoms with Crippen LogP contribution in [-0.2, 0) is 4.74 Å². The molecule has 4 heteroatoms. The maximum absolute atomic E-state index is 13.4. The molecule has 0 aliphatic heterocycles. The van der Waals surface area contributed by atoms with Gasteiger partial charge in [-0.05, 0) is 44.1 Å². The number of hydrogen-bond donors (Lipinski definition) is 1. The largest absolute Gasteiger partial charge is 0.383 e. The summed E-state index contributed by atoms with van der Waals surface area (Å²) in [5.74, 6) is -0.185. The Kier molecular flexibility index (Phi) is 6.25. The van der Waals surface area contributed by atoms with Gasteiger partial charge in [0.2, 0.25) is 0 Å². The molecule has 0 saturated heterocycles. The summed E-state index contributed by atoms with van der Waals surface area (Å²) in [4.78, 5) is 2.16. The molecule has 102 valence electrons. The van der Waals surface area contributed by atoms with E-state index in [1.54, 1.807) is 20.1 Å². The SMILES string of the molecule is COCCN(C)CCC(N)c1ccc(C)c(F)c1. The lowest BCUT2D eigenvalue weighted by molar-refractivity contribution is 0.159. The highest BCUT2D eigenvalue weighted by Gasteiger charge is 2.09. The van der Waals surface area contributed by atoms with Crippen LogP contribution in [-0.4, -0.2) is 38.8 Å². The molecular weight excluding hydrogens is 231 g/mol. The second-order valence-electron chi connectivity index (χ2n) is 4.70. The van der Waals surface area contributed by atoms with E-state index < -0.39 is 0 Å². The lowest BCUT2D eigenvalue weighted by atomic mass is 10.0. The zero-order valence-corrected chi connectivity index (χ0v) is 11.4. The second kappa shape index (κ2) is 7.46. The van der Waals surface area contributed by atoms with Crippen LogP contribution in [0.4, 0.5) is 4.39 Å². The predicted octanol–water partition coefficient (Wildman–Crippen LogP) is 2.10. The molecule has 0 heterocycles. The number of rotatable bonds is 7. The molecule has 0 bridgehead atoms. The van der Waals surface area contributed by atoms with Crippen molar-refractivity contribution in [1.29, 1.82) is 0 Å². The van der Waals surface area contributed by atoms with E-state index >= 15 is 0 Å². The molecule has 1 aromatic rings. The zero-order valence-electron chi connectivity index (χ0n) is 11.4. The van der Waals surface area contributed by atoms with Crippen LogP contribution in [0.3, 0.4) is 0 Å². The van der Waals surface area contributed by atoms with Gasteiger partial charge < -0.3 is 15.4 Å². The number of methoxy groups -OCH3 is 1. The Morgan fingerprint density at radius 3 is 2.72 bits per heavy atom.